The molecule has 2 aliphatic heterocycles. The fourth-order valence-corrected chi connectivity index (χ4v) is 10.1. The third-order valence-electron chi connectivity index (χ3n) is 14.4. The molecule has 2 aromatic carbocycles. The van der Waals surface area contributed by atoms with Gasteiger partial charge in [-0.3, -0.25) is 4.79 Å². The summed E-state index contributed by atoms with van der Waals surface area (Å²) in [4.78, 5) is 17.7. The van der Waals surface area contributed by atoms with E-state index in [9.17, 15) is 0 Å². The molecule has 4 atom stereocenters. The summed E-state index contributed by atoms with van der Waals surface area (Å²) in [6.45, 7) is 47.7. The van der Waals surface area contributed by atoms with Gasteiger partial charge >= 0.3 is 0 Å². The normalized spacial score (nSPS) is 21.1. The molecule has 2 N–H and O–H groups in total. The Morgan fingerprint density at radius 2 is 1.31 bits per heavy atom. The molecule has 2 heterocycles. The fraction of sp³-hybridized carbons (Fsp3) is 0.623. The Morgan fingerprint density at radius 3 is 1.78 bits per heavy atom. The Hall–Kier alpha value is -3.60. The first kappa shape index (κ1) is 47.1. The molecule has 5 rings (SSSR count). The van der Waals surface area contributed by atoms with Crippen molar-refractivity contribution < 1.29 is 4.79 Å². The Balaban J connectivity index is 0.00000366. The van der Waals surface area contributed by atoms with E-state index in [1.165, 1.54) is 47.9 Å². The Labute approximate surface area is 355 Å². The van der Waals surface area contributed by atoms with E-state index in [1.54, 1.807) is 0 Å². The number of nitrogens with zero attached hydrogens (tertiary/aromatic N) is 2. The molecular weight excluding hydrogens is 709 g/mol. The number of anilines is 3. The maximum Gasteiger partial charge on any atom is 0.206 e. The van der Waals surface area contributed by atoms with Gasteiger partial charge in [-0.15, -0.1) is 0 Å². The van der Waals surface area contributed by atoms with Crippen LogP contribution >= 0.6 is 0 Å². The Kier molecular flexibility index (Phi) is 15.2. The zero-order chi connectivity index (χ0) is 43.6. The van der Waals surface area contributed by atoms with Gasteiger partial charge in [-0.2, -0.15) is 0 Å². The molecule has 0 saturated heterocycles. The lowest BCUT2D eigenvalue weighted by atomic mass is 9.74. The number of nitrogens with one attached hydrogen (secondary N) is 2. The van der Waals surface area contributed by atoms with E-state index >= 15 is 4.79 Å². The number of benzene rings is 2. The minimum atomic E-state index is -0.0830. The van der Waals surface area contributed by atoms with Crippen molar-refractivity contribution in [3.05, 3.63) is 81.7 Å². The van der Waals surface area contributed by atoms with Crippen molar-refractivity contribution in [2.24, 2.45) is 11.8 Å². The predicted molar refractivity (Wildman–Crippen MR) is 256 cm³/mol. The Morgan fingerprint density at radius 1 is 0.776 bits per heavy atom. The van der Waals surface area contributed by atoms with Crippen molar-refractivity contribution in [3.8, 4) is 0 Å². The highest BCUT2D eigenvalue weighted by molar-refractivity contribution is 6.53. The Bertz CT molecular complexity index is 2020. The molecule has 2 aromatic rings. The molecule has 320 valence electrons. The van der Waals surface area contributed by atoms with Crippen LogP contribution in [0.5, 0.6) is 0 Å². The quantitative estimate of drug-likeness (QED) is 0.157. The number of unbranched alkanes of at least 4 members (excludes halogenated alkanes) is 2. The summed E-state index contributed by atoms with van der Waals surface area (Å²) < 4.78 is 2.56. The molecule has 4 unspecified atom stereocenters. The van der Waals surface area contributed by atoms with Gasteiger partial charge in [0.15, 0.2) is 11.8 Å². The highest BCUT2D eigenvalue weighted by Gasteiger charge is 2.47. The number of carbonyl (C=O) groups excluding carboxylic acids is 1. The van der Waals surface area contributed by atoms with Crippen LogP contribution in [0.4, 0.5) is 17.1 Å². The molecule has 0 spiro atoms. The first-order valence-electron chi connectivity index (χ1n) is 23.3. The first-order chi connectivity index (χ1) is 27.3. The molecule has 5 nitrogen and oxygen atoms in total. The van der Waals surface area contributed by atoms with Crippen molar-refractivity contribution in [1.29, 1.82) is 0 Å². The summed E-state index contributed by atoms with van der Waals surface area (Å²) in [5.41, 5.74) is 11.5. The standard InChI is InChI=1S/C51H76N4O.C2H6/c1-18-22-24-37(20-3)33(10)52-43-28-45-41(50(14,15)35(12)54(45)30(5)6)26-39(43)47-32(9)48(49(47)56)40-27-42-46(55(31(7)8)36(13)51(42,16)17)29-44(40)53-34(11)38(21-4)25-23-19-2;1-2/h26-31,35-38H,10-11,18-25H2,1-9,12-17H3,(H,52,53);1-2H3/p+1. The second-order valence-corrected chi connectivity index (χ2v) is 19.1. The highest BCUT2D eigenvalue weighted by atomic mass is 16.1. The monoisotopic (exact) mass is 792 g/mol. The lowest BCUT2D eigenvalue weighted by Crippen LogP contribution is -2.42. The predicted octanol–water partition coefficient (Wildman–Crippen LogP) is 12.7. The molecule has 1 aliphatic carbocycles. The average Bonchev–Trinajstić information content (AvgIpc) is 3.49. The summed E-state index contributed by atoms with van der Waals surface area (Å²) in [5, 5.41) is 9.93. The van der Waals surface area contributed by atoms with Crippen molar-refractivity contribution in [2.75, 3.05) is 15.5 Å². The summed E-state index contributed by atoms with van der Waals surface area (Å²) in [6.07, 6.45) is 8.98. The van der Waals surface area contributed by atoms with E-state index in [2.05, 4.69) is 161 Å². The van der Waals surface area contributed by atoms with Crippen molar-refractivity contribution in [3.63, 3.8) is 0 Å². The first-order valence-corrected chi connectivity index (χ1v) is 23.3. The van der Waals surface area contributed by atoms with Gasteiger partial charge in [-0.1, -0.05) is 94.2 Å². The van der Waals surface area contributed by atoms with Crippen molar-refractivity contribution >= 4 is 34.0 Å². The van der Waals surface area contributed by atoms with E-state index in [4.69, 9.17) is 0 Å². The molecular formula is C53H83N4O+. The maximum absolute atomic E-state index is 15.1. The number of allylic oxidation sites excluding steroid dienone is 4. The SMILES string of the molecule is C=C(Nc1cc2c(cc1C1=C(C)/C(=c3\cc4c(cc3NC(=C)C(CC)CCCC)=[N+](C(C)C)C(C)C4(C)C)C1=O)C(C)(C)C(C)N2C(C)C)C(CC)CCCC.CC. The second kappa shape index (κ2) is 18.8. The average molecular weight is 792 g/mol. The van der Waals surface area contributed by atoms with E-state index in [-0.39, 0.29) is 16.6 Å². The highest BCUT2D eigenvalue weighted by Crippen LogP contribution is 2.51. The summed E-state index contributed by atoms with van der Waals surface area (Å²) in [5.74, 6) is 0.862. The largest absolute Gasteiger partial charge is 0.365 e. The number of hydrogen-bond acceptors (Lipinski definition) is 4. The maximum atomic E-state index is 15.1. The number of ketones is 1. The van der Waals surface area contributed by atoms with Crippen LogP contribution in [0.3, 0.4) is 0 Å². The lowest BCUT2D eigenvalue weighted by Gasteiger charge is -2.34. The van der Waals surface area contributed by atoms with Crippen molar-refractivity contribution in [2.45, 2.75) is 204 Å². The summed E-state index contributed by atoms with van der Waals surface area (Å²) in [7, 11) is 0. The van der Waals surface area contributed by atoms with E-state index in [0.29, 0.717) is 36.0 Å². The zero-order valence-electron chi connectivity index (χ0n) is 40.1. The van der Waals surface area contributed by atoms with Gasteiger partial charge in [0.25, 0.3) is 0 Å². The van der Waals surface area contributed by atoms with Crippen LogP contribution in [0.15, 0.2) is 54.4 Å². The molecule has 0 fully saturated rings. The fourth-order valence-electron chi connectivity index (χ4n) is 10.1. The van der Waals surface area contributed by atoms with Crippen LogP contribution < -0.4 is 30.7 Å². The number of Topliss-reactive ketones (excluding diaryl/α,β-unsaturated/α-hetero) is 1. The number of hydrogen-bond donors (Lipinski definition) is 2. The number of carbonyl (C=O) groups is 1. The van der Waals surface area contributed by atoms with Gasteiger partial charge in [-0.25, -0.2) is 4.58 Å². The molecule has 0 bridgehead atoms. The number of fused-ring (bicyclic) bond motifs is 2. The minimum absolute atomic E-state index is 0.0830. The molecule has 0 amide bonds. The van der Waals surface area contributed by atoms with Crippen LogP contribution in [-0.4, -0.2) is 30.0 Å². The molecule has 5 heteroatoms. The lowest BCUT2D eigenvalue weighted by molar-refractivity contribution is -0.109. The van der Waals surface area contributed by atoms with Crippen LogP contribution in [0.1, 0.15) is 186 Å². The van der Waals surface area contributed by atoms with Crippen LogP contribution in [0.25, 0.3) is 11.1 Å². The summed E-state index contributed by atoms with van der Waals surface area (Å²) in [6, 6.07) is 10.7. The van der Waals surface area contributed by atoms with Gasteiger partial charge in [0.05, 0.1) is 11.1 Å². The minimum Gasteiger partial charge on any atom is -0.365 e. The molecule has 0 aromatic heterocycles. The smallest absolute Gasteiger partial charge is 0.206 e. The van der Waals surface area contributed by atoms with Crippen LogP contribution in [0.2, 0.25) is 0 Å². The third-order valence-corrected chi connectivity index (χ3v) is 14.4. The third kappa shape index (κ3) is 8.40. The van der Waals surface area contributed by atoms with E-state index < -0.39 is 0 Å². The molecule has 0 saturated carbocycles. The van der Waals surface area contributed by atoms with Crippen molar-refractivity contribution in [1.82, 2.24) is 4.58 Å². The number of rotatable bonds is 17. The summed E-state index contributed by atoms with van der Waals surface area (Å²) >= 11 is 0. The molecule has 0 radical (unpaired) electrons. The van der Waals surface area contributed by atoms with Crippen LogP contribution in [-0.2, 0) is 15.6 Å². The molecule has 3 aliphatic rings. The van der Waals surface area contributed by atoms with Gasteiger partial charge in [-0.05, 0) is 129 Å². The van der Waals surface area contributed by atoms with Gasteiger partial charge in [0.1, 0.15) is 6.04 Å². The van der Waals surface area contributed by atoms with Gasteiger partial charge in [0.2, 0.25) is 5.36 Å². The topological polar surface area (TPSA) is 47.4 Å². The van der Waals surface area contributed by atoms with Gasteiger partial charge in [0, 0.05) is 73.8 Å². The zero-order valence-corrected chi connectivity index (χ0v) is 40.1. The van der Waals surface area contributed by atoms with Gasteiger partial charge < -0.3 is 15.5 Å². The van der Waals surface area contributed by atoms with E-state index in [1.807, 2.05) is 13.8 Å². The second-order valence-electron chi connectivity index (χ2n) is 19.1. The van der Waals surface area contributed by atoms with E-state index in [0.717, 1.165) is 76.0 Å². The molecule has 58 heavy (non-hydrogen) atoms. The van der Waals surface area contributed by atoms with Crippen LogP contribution in [0, 0.1) is 11.8 Å².